The fraction of sp³-hybridized carbons (Fsp3) is 0.200. The second-order valence-corrected chi connectivity index (χ2v) is 5.44. The molecule has 0 bridgehead atoms. The predicted molar refractivity (Wildman–Crippen MR) is 80.0 cm³/mol. The van der Waals surface area contributed by atoms with E-state index in [-0.39, 0.29) is 27.7 Å². The highest BCUT2D eigenvalue weighted by Crippen LogP contribution is 2.34. The van der Waals surface area contributed by atoms with E-state index >= 15 is 0 Å². The summed E-state index contributed by atoms with van der Waals surface area (Å²) in [7, 11) is 0. The molecule has 24 heavy (non-hydrogen) atoms. The van der Waals surface area contributed by atoms with Gasteiger partial charge >= 0.3 is 6.18 Å². The summed E-state index contributed by atoms with van der Waals surface area (Å²) < 4.78 is 52.3. The topological polar surface area (TPSA) is 51.6 Å². The van der Waals surface area contributed by atoms with E-state index in [2.05, 4.69) is 19.9 Å². The van der Waals surface area contributed by atoms with Crippen LogP contribution >= 0.6 is 11.6 Å². The van der Waals surface area contributed by atoms with Crippen LogP contribution in [0.5, 0.6) is 0 Å². The number of hydrogen-bond donors (Lipinski definition) is 0. The lowest BCUT2D eigenvalue weighted by molar-refractivity contribution is -0.137. The lowest BCUT2D eigenvalue weighted by Gasteiger charge is -2.11. The van der Waals surface area contributed by atoms with Gasteiger partial charge in [0.05, 0.1) is 17.0 Å². The first-order chi connectivity index (χ1) is 11.2. The summed E-state index contributed by atoms with van der Waals surface area (Å²) in [4.78, 5) is 16.3. The lowest BCUT2D eigenvalue weighted by Crippen LogP contribution is -2.06. The van der Waals surface area contributed by atoms with Crippen LogP contribution in [-0.2, 0) is 6.18 Å². The summed E-state index contributed by atoms with van der Waals surface area (Å²) in [5.41, 5.74) is 0.236. The molecule has 0 aliphatic rings. The Bertz CT molecular complexity index is 956. The van der Waals surface area contributed by atoms with Gasteiger partial charge < -0.3 is 0 Å². The van der Waals surface area contributed by atoms with E-state index in [4.69, 9.17) is 11.6 Å². The molecular weight excluding hydrogens is 348 g/mol. The van der Waals surface area contributed by atoms with Gasteiger partial charge in [-0.3, -0.25) is 0 Å². The summed E-state index contributed by atoms with van der Waals surface area (Å²) in [6, 6.07) is 2.17. The van der Waals surface area contributed by atoms with E-state index in [1.165, 1.54) is 0 Å². The van der Waals surface area contributed by atoms with Crippen molar-refractivity contribution in [1.29, 1.82) is 0 Å². The third-order valence-electron chi connectivity index (χ3n) is 3.47. The SMILES string of the molecule is Cc1nc2nc(Cl)nc(-c3ccc(C(F)(F)F)cc3F)c2nc1C. The predicted octanol–water partition coefficient (Wildman–Crippen LogP) is 4.51. The van der Waals surface area contributed by atoms with E-state index in [1.54, 1.807) is 13.8 Å². The van der Waals surface area contributed by atoms with E-state index < -0.39 is 17.6 Å². The van der Waals surface area contributed by atoms with Crippen LogP contribution in [0.15, 0.2) is 18.2 Å². The molecule has 0 saturated heterocycles. The maximum atomic E-state index is 14.3. The van der Waals surface area contributed by atoms with Crippen LogP contribution in [0.2, 0.25) is 5.28 Å². The summed E-state index contributed by atoms with van der Waals surface area (Å²) in [5, 5.41) is -0.200. The van der Waals surface area contributed by atoms with E-state index in [0.717, 1.165) is 12.1 Å². The third-order valence-corrected chi connectivity index (χ3v) is 3.64. The summed E-state index contributed by atoms with van der Waals surface area (Å²) in [6.07, 6.45) is -4.64. The van der Waals surface area contributed by atoms with Gasteiger partial charge in [-0.1, -0.05) is 0 Å². The van der Waals surface area contributed by atoms with Crippen LogP contribution in [0.3, 0.4) is 0 Å². The highest BCUT2D eigenvalue weighted by molar-refractivity contribution is 6.28. The minimum absolute atomic E-state index is 0.00757. The molecular formula is C15H9ClF4N4. The lowest BCUT2D eigenvalue weighted by atomic mass is 10.1. The molecule has 0 amide bonds. The second-order valence-electron chi connectivity index (χ2n) is 5.10. The number of alkyl halides is 3. The molecule has 0 atom stereocenters. The van der Waals surface area contributed by atoms with Gasteiger partial charge in [0.15, 0.2) is 5.65 Å². The van der Waals surface area contributed by atoms with Gasteiger partial charge in [0, 0.05) is 5.56 Å². The Morgan fingerprint density at radius 2 is 1.62 bits per heavy atom. The summed E-state index contributed by atoms with van der Waals surface area (Å²) in [5.74, 6) is -1.08. The zero-order chi connectivity index (χ0) is 17.6. The molecule has 0 aliphatic carbocycles. The fourth-order valence-corrected chi connectivity index (χ4v) is 2.32. The van der Waals surface area contributed by atoms with Gasteiger partial charge in [0.25, 0.3) is 0 Å². The smallest absolute Gasteiger partial charge is 0.246 e. The number of halogens is 5. The molecule has 3 rings (SSSR count). The van der Waals surface area contributed by atoms with Gasteiger partial charge in [0.2, 0.25) is 5.28 Å². The Kier molecular flexibility index (Phi) is 3.87. The average molecular weight is 357 g/mol. The number of hydrogen-bond acceptors (Lipinski definition) is 4. The monoisotopic (exact) mass is 356 g/mol. The van der Waals surface area contributed by atoms with Crippen molar-refractivity contribution in [2.75, 3.05) is 0 Å². The Hall–Kier alpha value is -2.35. The van der Waals surface area contributed by atoms with E-state index in [0.29, 0.717) is 17.5 Å². The largest absolute Gasteiger partial charge is 0.416 e. The molecule has 0 fully saturated rings. The van der Waals surface area contributed by atoms with Crippen molar-refractivity contribution in [3.63, 3.8) is 0 Å². The van der Waals surface area contributed by atoms with E-state index in [9.17, 15) is 17.6 Å². The van der Waals surface area contributed by atoms with Gasteiger partial charge in [-0.2, -0.15) is 18.2 Å². The molecule has 0 N–H and O–H groups in total. The fourth-order valence-electron chi connectivity index (χ4n) is 2.16. The maximum Gasteiger partial charge on any atom is 0.416 e. The molecule has 3 aromatic rings. The highest BCUT2D eigenvalue weighted by Gasteiger charge is 2.31. The molecule has 0 spiro atoms. The number of nitrogens with zero attached hydrogens (tertiary/aromatic N) is 4. The first-order valence-electron chi connectivity index (χ1n) is 6.72. The number of benzene rings is 1. The molecule has 4 nitrogen and oxygen atoms in total. The van der Waals surface area contributed by atoms with Crippen molar-refractivity contribution in [2.24, 2.45) is 0 Å². The van der Waals surface area contributed by atoms with Gasteiger partial charge in [-0.25, -0.2) is 19.3 Å². The third kappa shape index (κ3) is 2.89. The van der Waals surface area contributed by atoms with Crippen molar-refractivity contribution < 1.29 is 17.6 Å². The van der Waals surface area contributed by atoms with Gasteiger partial charge in [-0.15, -0.1) is 0 Å². The summed E-state index contributed by atoms with van der Waals surface area (Å²) in [6.45, 7) is 3.42. The number of aromatic nitrogens is 4. The molecule has 0 radical (unpaired) electrons. The number of fused-ring (bicyclic) bond motifs is 1. The molecule has 2 heterocycles. The molecule has 2 aromatic heterocycles. The van der Waals surface area contributed by atoms with Crippen LogP contribution in [0, 0.1) is 19.7 Å². The van der Waals surface area contributed by atoms with Crippen molar-refractivity contribution in [2.45, 2.75) is 20.0 Å². The standard InChI is InChI=1S/C15H9ClF4N4/c1-6-7(2)22-13-12(21-6)11(23-14(16)24-13)9-4-3-8(5-10(9)17)15(18,19)20/h3-5H,1-2H3. The van der Waals surface area contributed by atoms with Crippen LogP contribution in [-0.4, -0.2) is 19.9 Å². The van der Waals surface area contributed by atoms with Crippen LogP contribution in [0.25, 0.3) is 22.4 Å². The highest BCUT2D eigenvalue weighted by atomic mass is 35.5. The van der Waals surface area contributed by atoms with Crippen molar-refractivity contribution >= 4 is 22.8 Å². The van der Waals surface area contributed by atoms with Crippen molar-refractivity contribution in [3.8, 4) is 11.3 Å². The molecule has 0 aliphatic heterocycles. The van der Waals surface area contributed by atoms with Crippen molar-refractivity contribution in [3.05, 3.63) is 46.3 Å². The second kappa shape index (κ2) is 5.62. The Labute approximate surface area is 138 Å². The number of rotatable bonds is 1. The minimum Gasteiger partial charge on any atom is -0.246 e. The summed E-state index contributed by atoms with van der Waals surface area (Å²) >= 11 is 5.83. The average Bonchev–Trinajstić information content (AvgIpc) is 2.47. The molecule has 0 saturated carbocycles. The zero-order valence-corrected chi connectivity index (χ0v) is 13.2. The quantitative estimate of drug-likeness (QED) is 0.475. The Morgan fingerprint density at radius 1 is 0.958 bits per heavy atom. The molecule has 1 aromatic carbocycles. The van der Waals surface area contributed by atoms with E-state index in [1.807, 2.05) is 0 Å². The van der Waals surface area contributed by atoms with Gasteiger partial charge in [-0.05, 0) is 43.6 Å². The Morgan fingerprint density at radius 3 is 2.25 bits per heavy atom. The number of aryl methyl sites for hydroxylation is 2. The van der Waals surface area contributed by atoms with Gasteiger partial charge in [0.1, 0.15) is 17.0 Å². The maximum absolute atomic E-state index is 14.3. The first-order valence-corrected chi connectivity index (χ1v) is 7.10. The molecule has 124 valence electrons. The zero-order valence-electron chi connectivity index (χ0n) is 12.4. The Balaban J connectivity index is 2.28. The molecule has 0 unspecified atom stereocenters. The van der Waals surface area contributed by atoms with Crippen LogP contribution < -0.4 is 0 Å². The van der Waals surface area contributed by atoms with Crippen LogP contribution in [0.4, 0.5) is 17.6 Å². The minimum atomic E-state index is -4.64. The van der Waals surface area contributed by atoms with Crippen LogP contribution in [0.1, 0.15) is 17.0 Å². The first kappa shape index (κ1) is 16.5. The molecule has 9 heteroatoms. The normalized spacial score (nSPS) is 12.0. The van der Waals surface area contributed by atoms with Crippen molar-refractivity contribution in [1.82, 2.24) is 19.9 Å².